The highest BCUT2D eigenvalue weighted by Gasteiger charge is 2.48. The van der Waals surface area contributed by atoms with Gasteiger partial charge in [-0.05, 0) is 45.2 Å². The van der Waals surface area contributed by atoms with Gasteiger partial charge in [0.1, 0.15) is 0 Å². The lowest BCUT2D eigenvalue weighted by Crippen LogP contribution is -2.40. The van der Waals surface area contributed by atoms with Crippen LogP contribution < -0.4 is 0 Å². The van der Waals surface area contributed by atoms with E-state index in [9.17, 15) is 0 Å². The molecule has 1 saturated heterocycles. The van der Waals surface area contributed by atoms with Crippen molar-refractivity contribution >= 4 is 0 Å². The summed E-state index contributed by atoms with van der Waals surface area (Å²) in [4.78, 5) is 2.58. The lowest BCUT2D eigenvalue weighted by atomic mass is 9.91. The monoisotopic (exact) mass is 169 g/mol. The van der Waals surface area contributed by atoms with Crippen molar-refractivity contribution in [3.05, 3.63) is 0 Å². The Kier molecular flexibility index (Phi) is 3.16. The molecule has 0 bridgehead atoms. The number of nitrogens with zero attached hydrogens (tertiary/aromatic N) is 1. The molecule has 1 spiro atoms. The summed E-state index contributed by atoms with van der Waals surface area (Å²) < 4.78 is 0. The zero-order chi connectivity index (χ0) is 9.19. The van der Waals surface area contributed by atoms with Crippen molar-refractivity contribution in [1.82, 2.24) is 4.90 Å². The van der Waals surface area contributed by atoms with E-state index in [0.717, 1.165) is 5.92 Å². The zero-order valence-electron chi connectivity index (χ0n) is 9.06. The maximum absolute atomic E-state index is 2.58. The van der Waals surface area contributed by atoms with Crippen LogP contribution in [0.15, 0.2) is 0 Å². The van der Waals surface area contributed by atoms with Gasteiger partial charge in [0.25, 0.3) is 0 Å². The number of hydrogen-bond donors (Lipinski definition) is 0. The van der Waals surface area contributed by atoms with E-state index < -0.39 is 0 Å². The van der Waals surface area contributed by atoms with Gasteiger partial charge in [-0.25, -0.2) is 0 Å². The number of rotatable bonds is 0. The Bertz CT molecular complexity index is 138. The zero-order valence-corrected chi connectivity index (χ0v) is 9.06. The lowest BCUT2D eigenvalue weighted by molar-refractivity contribution is 0.130. The first kappa shape index (κ1) is 10.0. The molecular formula is C11H23N. The van der Waals surface area contributed by atoms with E-state index in [2.05, 4.69) is 18.9 Å². The summed E-state index contributed by atoms with van der Waals surface area (Å²) in [6.45, 7) is 7.73. The third-order valence-corrected chi connectivity index (χ3v) is 3.32. The first-order valence-corrected chi connectivity index (χ1v) is 5.44. The molecule has 72 valence electrons. The summed E-state index contributed by atoms with van der Waals surface area (Å²) in [5.74, 6) is 0.985. The molecule has 1 unspecified atom stereocenters. The van der Waals surface area contributed by atoms with Gasteiger partial charge < -0.3 is 4.90 Å². The molecule has 0 N–H and O–H groups in total. The van der Waals surface area contributed by atoms with Gasteiger partial charge in [0, 0.05) is 5.54 Å². The highest BCUT2D eigenvalue weighted by Crippen LogP contribution is 2.48. The molecule has 0 aromatic carbocycles. The molecule has 1 nitrogen and oxygen atoms in total. The fourth-order valence-electron chi connectivity index (χ4n) is 2.29. The molecule has 2 rings (SSSR count). The minimum Gasteiger partial charge on any atom is -0.301 e. The molecule has 1 aliphatic carbocycles. The quantitative estimate of drug-likeness (QED) is 0.539. The van der Waals surface area contributed by atoms with Gasteiger partial charge in [-0.15, -0.1) is 0 Å². The van der Waals surface area contributed by atoms with Gasteiger partial charge in [0.15, 0.2) is 0 Å². The van der Waals surface area contributed by atoms with Crippen LogP contribution in [0.5, 0.6) is 0 Å². The summed E-state index contributed by atoms with van der Waals surface area (Å²) in [5.41, 5.74) is 0.692. The molecule has 12 heavy (non-hydrogen) atoms. The normalized spacial score (nSPS) is 32.5. The van der Waals surface area contributed by atoms with Crippen LogP contribution in [0.1, 0.15) is 46.5 Å². The molecule has 0 aromatic rings. The fourth-order valence-corrected chi connectivity index (χ4v) is 2.29. The maximum atomic E-state index is 2.58. The van der Waals surface area contributed by atoms with E-state index in [-0.39, 0.29) is 0 Å². The van der Waals surface area contributed by atoms with Crippen molar-refractivity contribution in [3.63, 3.8) is 0 Å². The second kappa shape index (κ2) is 3.78. The number of hydrogen-bond acceptors (Lipinski definition) is 1. The Morgan fingerprint density at radius 3 is 2.25 bits per heavy atom. The summed E-state index contributed by atoms with van der Waals surface area (Å²) in [5, 5.41) is 0. The molecule has 0 aromatic heterocycles. The Morgan fingerprint density at radius 1 is 1.25 bits per heavy atom. The summed E-state index contributed by atoms with van der Waals surface area (Å²) in [6.07, 6.45) is 5.81. The van der Waals surface area contributed by atoms with Crippen molar-refractivity contribution in [2.75, 3.05) is 13.6 Å². The number of piperidine rings is 1. The smallest absolute Gasteiger partial charge is 0.0210 e. The number of likely N-dealkylation sites (tertiary alicyclic amines) is 1. The van der Waals surface area contributed by atoms with Gasteiger partial charge in [-0.1, -0.05) is 20.8 Å². The van der Waals surface area contributed by atoms with E-state index in [1.165, 1.54) is 32.2 Å². The van der Waals surface area contributed by atoms with Gasteiger partial charge in [-0.2, -0.15) is 0 Å². The molecule has 0 amide bonds. The van der Waals surface area contributed by atoms with Crippen LogP contribution in [0, 0.1) is 5.92 Å². The predicted molar refractivity (Wildman–Crippen MR) is 54.3 cm³/mol. The Labute approximate surface area is 77.1 Å². The van der Waals surface area contributed by atoms with Crippen LogP contribution in [0.3, 0.4) is 0 Å². The minimum atomic E-state index is 0.692. The standard InChI is InChI=1S/C9H17N.C2H6/c1-8-3-6-10(2)9(7-8)4-5-9;1-2/h8H,3-7H2,1-2H3;1-2H3. The van der Waals surface area contributed by atoms with E-state index in [4.69, 9.17) is 0 Å². The first-order chi connectivity index (χ1) is 5.73. The average molecular weight is 169 g/mol. The van der Waals surface area contributed by atoms with E-state index >= 15 is 0 Å². The van der Waals surface area contributed by atoms with Crippen molar-refractivity contribution < 1.29 is 0 Å². The molecular weight excluding hydrogens is 146 g/mol. The third-order valence-electron chi connectivity index (χ3n) is 3.32. The molecule has 1 atom stereocenters. The highest BCUT2D eigenvalue weighted by molar-refractivity contribution is 5.05. The molecule has 2 fully saturated rings. The summed E-state index contributed by atoms with van der Waals surface area (Å²) >= 11 is 0. The van der Waals surface area contributed by atoms with Gasteiger partial charge in [0.2, 0.25) is 0 Å². The molecule has 1 saturated carbocycles. The third kappa shape index (κ3) is 1.82. The minimum absolute atomic E-state index is 0.692. The van der Waals surface area contributed by atoms with Crippen LogP contribution >= 0.6 is 0 Å². The molecule has 2 aliphatic rings. The van der Waals surface area contributed by atoms with Crippen LogP contribution in [-0.4, -0.2) is 24.0 Å². The second-order valence-electron chi connectivity index (χ2n) is 4.24. The van der Waals surface area contributed by atoms with E-state index in [1.807, 2.05) is 13.8 Å². The molecule has 0 radical (unpaired) electrons. The lowest BCUT2D eigenvalue weighted by Gasteiger charge is -2.36. The SMILES string of the molecule is CC.CC1CCN(C)C2(CC2)C1. The molecule has 1 heterocycles. The van der Waals surface area contributed by atoms with Gasteiger partial charge in [-0.3, -0.25) is 0 Å². The van der Waals surface area contributed by atoms with Crippen molar-refractivity contribution in [3.8, 4) is 0 Å². The van der Waals surface area contributed by atoms with Crippen molar-refractivity contribution in [1.29, 1.82) is 0 Å². The second-order valence-corrected chi connectivity index (χ2v) is 4.24. The Morgan fingerprint density at radius 2 is 1.83 bits per heavy atom. The first-order valence-electron chi connectivity index (χ1n) is 5.44. The fraction of sp³-hybridized carbons (Fsp3) is 1.00. The van der Waals surface area contributed by atoms with Crippen molar-refractivity contribution in [2.45, 2.75) is 52.0 Å². The topological polar surface area (TPSA) is 3.24 Å². The van der Waals surface area contributed by atoms with Crippen LogP contribution in [0.25, 0.3) is 0 Å². The van der Waals surface area contributed by atoms with E-state index in [1.54, 1.807) is 0 Å². The molecule has 1 heteroatoms. The largest absolute Gasteiger partial charge is 0.301 e. The van der Waals surface area contributed by atoms with Crippen LogP contribution in [-0.2, 0) is 0 Å². The predicted octanol–water partition coefficient (Wildman–Crippen LogP) is 2.91. The van der Waals surface area contributed by atoms with Crippen molar-refractivity contribution in [2.24, 2.45) is 5.92 Å². The average Bonchev–Trinajstić information content (AvgIpc) is 2.83. The van der Waals surface area contributed by atoms with Gasteiger partial charge >= 0.3 is 0 Å². The summed E-state index contributed by atoms with van der Waals surface area (Å²) in [6, 6.07) is 0. The van der Waals surface area contributed by atoms with Crippen LogP contribution in [0.4, 0.5) is 0 Å². The van der Waals surface area contributed by atoms with Gasteiger partial charge in [0.05, 0.1) is 0 Å². The summed E-state index contributed by atoms with van der Waals surface area (Å²) in [7, 11) is 2.29. The Balaban J connectivity index is 0.000000336. The van der Waals surface area contributed by atoms with E-state index in [0.29, 0.717) is 5.54 Å². The molecule has 1 aliphatic heterocycles. The Hall–Kier alpha value is -0.0400. The highest BCUT2D eigenvalue weighted by atomic mass is 15.2. The van der Waals surface area contributed by atoms with Crippen LogP contribution in [0.2, 0.25) is 0 Å². The maximum Gasteiger partial charge on any atom is 0.0210 e.